The number of rotatable bonds is 1. The first kappa shape index (κ1) is 15.9. The van der Waals surface area contributed by atoms with Crippen molar-refractivity contribution < 1.29 is 4.79 Å². The minimum atomic E-state index is -0.00334. The van der Waals surface area contributed by atoms with Gasteiger partial charge in [0.15, 0.2) is 5.78 Å². The van der Waals surface area contributed by atoms with Crippen LogP contribution in [-0.4, -0.2) is 10.4 Å². The zero-order chi connectivity index (χ0) is 18.1. The lowest BCUT2D eigenvalue weighted by Gasteiger charge is -2.29. The summed E-state index contributed by atoms with van der Waals surface area (Å²) in [4.78, 5) is 12.8. The number of Topliss-reactive ketones (excluding diaryl/α,β-unsaturated/α-hetero) is 1. The Labute approximate surface area is 158 Å². The molecule has 5 rings (SSSR count). The number of carbonyl (C=O) groups is 1. The number of hydrogen-bond donors (Lipinski definition) is 0. The molecule has 1 unspecified atom stereocenters. The number of benzene rings is 2. The summed E-state index contributed by atoms with van der Waals surface area (Å²) in [6.07, 6.45) is 1.53. The molecule has 0 spiro atoms. The minimum absolute atomic E-state index is 0.00334. The summed E-state index contributed by atoms with van der Waals surface area (Å²) in [5, 5.41) is 0.751. The van der Waals surface area contributed by atoms with Gasteiger partial charge < -0.3 is 4.57 Å². The van der Waals surface area contributed by atoms with Gasteiger partial charge in [0.2, 0.25) is 0 Å². The molecule has 0 bridgehead atoms. The summed E-state index contributed by atoms with van der Waals surface area (Å²) in [5.41, 5.74) is 6.85. The summed E-state index contributed by atoms with van der Waals surface area (Å²) in [5.74, 6) is 0.381. The number of aromatic nitrogens is 1. The van der Waals surface area contributed by atoms with Crippen LogP contribution in [0.25, 0.3) is 5.69 Å². The number of nitrogens with zero attached hydrogens (tertiary/aromatic N) is 1. The molecule has 26 heavy (non-hydrogen) atoms. The maximum Gasteiger partial charge on any atom is 0.165 e. The third kappa shape index (κ3) is 2.22. The number of carbonyl (C=O) groups excluding carboxylic acids is 1. The van der Waals surface area contributed by atoms with E-state index in [0.29, 0.717) is 6.42 Å². The van der Waals surface area contributed by atoms with Crippen LogP contribution in [-0.2, 0) is 6.42 Å². The predicted octanol–water partition coefficient (Wildman–Crippen LogP) is 5.78. The van der Waals surface area contributed by atoms with Crippen molar-refractivity contribution in [2.24, 2.45) is 5.41 Å². The van der Waals surface area contributed by atoms with Crippen LogP contribution in [0.3, 0.4) is 0 Å². The van der Waals surface area contributed by atoms with Gasteiger partial charge in [-0.15, -0.1) is 0 Å². The zero-order valence-corrected chi connectivity index (χ0v) is 15.7. The van der Waals surface area contributed by atoms with E-state index < -0.39 is 0 Å². The molecule has 0 amide bonds. The second-order valence-corrected chi connectivity index (χ2v) is 8.69. The van der Waals surface area contributed by atoms with Crippen LogP contribution >= 0.6 is 11.6 Å². The maximum absolute atomic E-state index is 12.8. The Balaban J connectivity index is 1.81. The van der Waals surface area contributed by atoms with E-state index in [2.05, 4.69) is 60.9 Å². The molecule has 2 nitrogen and oxygen atoms in total. The molecule has 2 aliphatic rings. The van der Waals surface area contributed by atoms with Crippen LogP contribution in [0, 0.1) is 5.41 Å². The van der Waals surface area contributed by atoms with E-state index in [0.717, 1.165) is 28.4 Å². The van der Waals surface area contributed by atoms with E-state index in [9.17, 15) is 4.79 Å². The number of hydrogen-bond acceptors (Lipinski definition) is 1. The van der Waals surface area contributed by atoms with Crippen LogP contribution < -0.4 is 0 Å². The Morgan fingerprint density at radius 1 is 1.04 bits per heavy atom. The molecule has 0 radical (unpaired) electrons. The number of halogens is 1. The fourth-order valence-corrected chi connectivity index (χ4v) is 4.83. The zero-order valence-electron chi connectivity index (χ0n) is 14.9. The van der Waals surface area contributed by atoms with Crippen LogP contribution in [0.5, 0.6) is 0 Å². The highest BCUT2D eigenvalue weighted by atomic mass is 35.5. The average Bonchev–Trinajstić information content (AvgIpc) is 3.09. The Kier molecular flexibility index (Phi) is 3.27. The molecule has 3 heteroatoms. The minimum Gasteiger partial charge on any atom is -0.316 e. The predicted molar refractivity (Wildman–Crippen MR) is 105 cm³/mol. The second-order valence-electron chi connectivity index (χ2n) is 8.25. The van der Waals surface area contributed by atoms with Crippen molar-refractivity contribution >= 4 is 17.4 Å². The SMILES string of the molecule is CC1(C)CC(=O)c2cc3n(c2C1)-c1ccc(Cl)cc1C3c1ccccc1. The maximum atomic E-state index is 12.8. The topological polar surface area (TPSA) is 22.0 Å². The number of fused-ring (bicyclic) bond motifs is 5. The molecular weight excluding hydrogens is 342 g/mol. The van der Waals surface area contributed by atoms with Gasteiger partial charge in [0.1, 0.15) is 0 Å². The van der Waals surface area contributed by atoms with Crippen LogP contribution in [0.4, 0.5) is 0 Å². The Hall–Kier alpha value is -2.32. The van der Waals surface area contributed by atoms with E-state index >= 15 is 0 Å². The molecule has 2 aromatic carbocycles. The van der Waals surface area contributed by atoms with Crippen molar-refractivity contribution in [2.45, 2.75) is 32.6 Å². The van der Waals surface area contributed by atoms with Crippen molar-refractivity contribution in [3.05, 3.63) is 87.7 Å². The fraction of sp³-hybridized carbons (Fsp3) is 0.261. The molecule has 1 aliphatic carbocycles. The van der Waals surface area contributed by atoms with Crippen molar-refractivity contribution in [2.75, 3.05) is 0 Å². The highest BCUT2D eigenvalue weighted by molar-refractivity contribution is 6.30. The van der Waals surface area contributed by atoms with Gasteiger partial charge in [-0.3, -0.25) is 4.79 Å². The normalized spacial score (nSPS) is 19.8. The van der Waals surface area contributed by atoms with Crippen molar-refractivity contribution in [3.8, 4) is 5.69 Å². The van der Waals surface area contributed by atoms with Gasteiger partial charge in [0, 0.05) is 34.1 Å². The summed E-state index contributed by atoms with van der Waals surface area (Å²) in [6, 6.07) is 18.7. The molecule has 0 N–H and O–H groups in total. The quantitative estimate of drug-likeness (QED) is 0.421. The lowest BCUT2D eigenvalue weighted by atomic mass is 9.76. The smallest absolute Gasteiger partial charge is 0.165 e. The van der Waals surface area contributed by atoms with E-state index in [1.165, 1.54) is 16.8 Å². The first-order valence-electron chi connectivity index (χ1n) is 9.07. The molecule has 130 valence electrons. The average molecular weight is 362 g/mol. The van der Waals surface area contributed by atoms with Gasteiger partial charge in [-0.25, -0.2) is 0 Å². The third-order valence-electron chi connectivity index (χ3n) is 5.69. The molecule has 1 atom stereocenters. The summed E-state index contributed by atoms with van der Waals surface area (Å²) >= 11 is 6.33. The molecule has 1 aromatic heterocycles. The van der Waals surface area contributed by atoms with Gasteiger partial charge in [-0.1, -0.05) is 55.8 Å². The second kappa shape index (κ2) is 5.34. The van der Waals surface area contributed by atoms with Gasteiger partial charge in [0.25, 0.3) is 0 Å². The first-order chi connectivity index (χ1) is 12.4. The monoisotopic (exact) mass is 361 g/mol. The molecule has 3 aromatic rings. The van der Waals surface area contributed by atoms with Crippen LogP contribution in [0.1, 0.15) is 59.1 Å². The lowest BCUT2D eigenvalue weighted by Crippen LogP contribution is -2.27. The Morgan fingerprint density at radius 3 is 2.58 bits per heavy atom. The van der Waals surface area contributed by atoms with E-state index in [1.54, 1.807) is 0 Å². The van der Waals surface area contributed by atoms with Crippen LogP contribution in [0.15, 0.2) is 54.6 Å². The van der Waals surface area contributed by atoms with E-state index in [4.69, 9.17) is 11.6 Å². The molecule has 1 aliphatic heterocycles. The Bertz CT molecular complexity index is 1050. The van der Waals surface area contributed by atoms with Gasteiger partial charge in [-0.05, 0) is 47.2 Å². The van der Waals surface area contributed by atoms with Crippen molar-refractivity contribution in [1.82, 2.24) is 4.57 Å². The standard InChI is InChI=1S/C23H20ClNO/c1-23(2)12-20-16(21(26)13-23)11-19-22(14-6-4-3-5-7-14)17-10-15(24)8-9-18(17)25(19)20/h3-11,22H,12-13H2,1-2H3. The van der Waals surface area contributed by atoms with Gasteiger partial charge in [-0.2, -0.15) is 0 Å². The van der Waals surface area contributed by atoms with Gasteiger partial charge in [0.05, 0.1) is 5.92 Å². The highest BCUT2D eigenvalue weighted by Gasteiger charge is 2.40. The summed E-state index contributed by atoms with van der Waals surface area (Å²) in [6.45, 7) is 4.36. The number of ketones is 1. The molecule has 0 fully saturated rings. The van der Waals surface area contributed by atoms with Gasteiger partial charge >= 0.3 is 0 Å². The first-order valence-corrected chi connectivity index (χ1v) is 9.45. The molecule has 2 heterocycles. The van der Waals surface area contributed by atoms with E-state index in [-0.39, 0.29) is 17.1 Å². The lowest BCUT2D eigenvalue weighted by molar-refractivity contribution is 0.0911. The van der Waals surface area contributed by atoms with Crippen molar-refractivity contribution in [1.29, 1.82) is 0 Å². The molecular formula is C23H20ClNO. The largest absolute Gasteiger partial charge is 0.316 e. The molecule has 0 saturated heterocycles. The fourth-order valence-electron chi connectivity index (χ4n) is 4.65. The highest BCUT2D eigenvalue weighted by Crippen LogP contribution is 2.48. The van der Waals surface area contributed by atoms with Crippen molar-refractivity contribution in [3.63, 3.8) is 0 Å². The van der Waals surface area contributed by atoms with Crippen LogP contribution in [0.2, 0.25) is 5.02 Å². The van der Waals surface area contributed by atoms with E-state index in [1.807, 2.05) is 12.1 Å². The summed E-state index contributed by atoms with van der Waals surface area (Å²) in [7, 11) is 0. The third-order valence-corrected chi connectivity index (χ3v) is 5.92. The summed E-state index contributed by atoms with van der Waals surface area (Å²) < 4.78 is 2.32. The Morgan fingerprint density at radius 2 is 1.81 bits per heavy atom. The molecule has 0 saturated carbocycles.